The number of fused-ring (bicyclic) bond motifs is 18. The first-order valence-corrected chi connectivity index (χ1v) is 13.9. The van der Waals surface area contributed by atoms with Crippen molar-refractivity contribution in [3.63, 3.8) is 0 Å². The van der Waals surface area contributed by atoms with Crippen LogP contribution >= 0.6 is 0 Å². The normalized spacial score (nSPS) is 13.7. The van der Waals surface area contributed by atoms with Gasteiger partial charge < -0.3 is 0 Å². The van der Waals surface area contributed by atoms with Crippen LogP contribution in [0.5, 0.6) is 0 Å². The van der Waals surface area contributed by atoms with Gasteiger partial charge in [0.25, 0.3) is 0 Å². The van der Waals surface area contributed by atoms with Crippen LogP contribution < -0.4 is 0 Å². The Morgan fingerprint density at radius 2 is 0.949 bits per heavy atom. The fourth-order valence-corrected chi connectivity index (χ4v) is 6.43. The monoisotopic (exact) mass is 496 g/mol. The molecular formula is C39H28. The zero-order valence-electron chi connectivity index (χ0n) is 21.8. The molecule has 0 amide bonds. The van der Waals surface area contributed by atoms with E-state index in [2.05, 4.69) is 133 Å². The van der Waals surface area contributed by atoms with E-state index in [4.69, 9.17) is 0 Å². The topological polar surface area (TPSA) is 0 Å². The zero-order chi connectivity index (χ0) is 25.8. The first kappa shape index (κ1) is 22.3. The second-order valence-corrected chi connectivity index (χ2v) is 11.0. The standard InChI is InChI=1S/C39H28/c1-5-27-19-31(9-1)35-17-18-36(23-35)32-10-2-6-28(20-32)30-8-4-12-34(22-30)38-16-14-26-13-15-37(24-39(26)25-38)33-11-3-7-29(27)21-33/h1-16,19-22,24-25H,17-18,23H2. The van der Waals surface area contributed by atoms with Gasteiger partial charge in [0.15, 0.2) is 0 Å². The molecule has 0 unspecified atom stereocenters. The van der Waals surface area contributed by atoms with Crippen LogP contribution in [0.3, 0.4) is 0 Å². The minimum Gasteiger partial charge on any atom is -0.187 e. The summed E-state index contributed by atoms with van der Waals surface area (Å²) in [5.41, 5.74) is 12.9. The predicted molar refractivity (Wildman–Crippen MR) is 164 cm³/mol. The summed E-state index contributed by atoms with van der Waals surface area (Å²) in [6.45, 7) is 0. The van der Waals surface area contributed by atoms with Crippen LogP contribution in [0.1, 0.15) is 30.4 Å². The zero-order valence-corrected chi connectivity index (χ0v) is 21.8. The van der Waals surface area contributed by atoms with Crippen molar-refractivity contribution in [1.29, 1.82) is 0 Å². The van der Waals surface area contributed by atoms with Crippen LogP contribution in [0.25, 0.3) is 55.3 Å². The molecule has 2 aliphatic rings. The molecule has 0 aliphatic heterocycles. The number of hydrogen-bond acceptors (Lipinski definition) is 0. The molecule has 6 aromatic carbocycles. The maximum absolute atomic E-state index is 2.39. The lowest BCUT2D eigenvalue weighted by Crippen LogP contribution is -1.98. The molecule has 0 heterocycles. The molecule has 1 saturated carbocycles. The lowest BCUT2D eigenvalue weighted by atomic mass is 9.89. The van der Waals surface area contributed by atoms with E-state index in [9.17, 15) is 0 Å². The van der Waals surface area contributed by atoms with Crippen molar-refractivity contribution >= 4 is 10.8 Å². The molecular weight excluding hydrogens is 468 g/mol. The summed E-state index contributed by atoms with van der Waals surface area (Å²) in [4.78, 5) is 0. The number of rotatable bonds is 0. The van der Waals surface area contributed by atoms with Gasteiger partial charge in [-0.3, -0.25) is 0 Å². The van der Waals surface area contributed by atoms with Crippen LogP contribution in [0.4, 0.5) is 0 Å². The molecule has 0 spiro atoms. The van der Waals surface area contributed by atoms with E-state index >= 15 is 0 Å². The quantitative estimate of drug-likeness (QED) is 0.183. The van der Waals surface area contributed by atoms with Crippen molar-refractivity contribution in [2.45, 2.75) is 19.3 Å². The number of benzene rings is 6. The van der Waals surface area contributed by atoms with Crippen molar-refractivity contribution in [1.82, 2.24) is 0 Å². The third-order valence-electron chi connectivity index (χ3n) is 8.60. The number of hydrogen-bond donors (Lipinski definition) is 0. The Morgan fingerprint density at radius 3 is 1.59 bits per heavy atom. The van der Waals surface area contributed by atoms with Crippen LogP contribution in [0.15, 0.2) is 133 Å². The Kier molecular flexibility index (Phi) is 5.13. The largest absolute Gasteiger partial charge is 0.187 e. The fourth-order valence-electron chi connectivity index (χ4n) is 6.43. The van der Waals surface area contributed by atoms with Gasteiger partial charge in [-0.2, -0.15) is 23.6 Å². The second kappa shape index (κ2) is 8.96. The average Bonchev–Trinajstić information content (AvgIpc) is 3.51. The molecule has 2 aliphatic carbocycles. The molecule has 0 nitrogen and oxygen atoms in total. The smallest absolute Gasteiger partial charge is 0.132 e. The predicted octanol–water partition coefficient (Wildman–Crippen LogP) is 10.6. The molecule has 0 N–H and O–H groups in total. The Bertz CT molecular complexity index is 1720. The Balaban J connectivity index is 1.34. The molecule has 13 bridgehead atoms. The van der Waals surface area contributed by atoms with Crippen molar-refractivity contribution < 1.29 is 0 Å². The van der Waals surface area contributed by atoms with Gasteiger partial charge in [-0.05, 0) is 87.0 Å². The van der Waals surface area contributed by atoms with E-state index in [1.54, 1.807) is 11.8 Å². The van der Waals surface area contributed by atoms with E-state index in [-0.39, 0.29) is 0 Å². The van der Waals surface area contributed by atoms with Gasteiger partial charge in [0.2, 0.25) is 0 Å². The highest BCUT2D eigenvalue weighted by molar-refractivity contribution is 5.91. The Hall–Kier alpha value is -4.68. The van der Waals surface area contributed by atoms with Crippen molar-refractivity contribution in [3.05, 3.63) is 156 Å². The molecule has 39 heavy (non-hydrogen) atoms. The summed E-state index contributed by atoms with van der Waals surface area (Å²) in [6, 6.07) is 50.0. The summed E-state index contributed by atoms with van der Waals surface area (Å²) in [6.07, 6.45) is 3.32. The molecule has 184 valence electrons. The van der Waals surface area contributed by atoms with E-state index in [0.717, 1.165) is 19.3 Å². The highest BCUT2D eigenvalue weighted by Gasteiger charge is 2.28. The van der Waals surface area contributed by atoms with Gasteiger partial charge in [0.1, 0.15) is 5.56 Å². The minimum absolute atomic E-state index is 1.06. The molecule has 6 aromatic rings. The van der Waals surface area contributed by atoms with Gasteiger partial charge in [0.05, 0.1) is 6.07 Å². The van der Waals surface area contributed by atoms with Gasteiger partial charge in [0, 0.05) is 24.0 Å². The molecule has 0 aromatic heterocycles. The van der Waals surface area contributed by atoms with Gasteiger partial charge in [-0.25, -0.2) is 0 Å². The van der Waals surface area contributed by atoms with Gasteiger partial charge >= 0.3 is 0 Å². The third-order valence-corrected chi connectivity index (χ3v) is 8.60. The maximum atomic E-state index is 2.39. The van der Waals surface area contributed by atoms with Crippen molar-refractivity contribution in [2.75, 3.05) is 0 Å². The van der Waals surface area contributed by atoms with Gasteiger partial charge in [-0.1, -0.05) is 78.7 Å². The SMILES string of the molecule is c1cc2cc(c1)-c1ccc3ccc(cc3c1)-c1cccc(c1)-c1cccc(c1)[C-]1CC[C+](C1)c1cccc-2c1. The van der Waals surface area contributed by atoms with E-state index < -0.39 is 0 Å². The molecule has 0 radical (unpaired) electrons. The van der Waals surface area contributed by atoms with Crippen molar-refractivity contribution in [2.24, 2.45) is 0 Å². The fraction of sp³-hybridized carbons (Fsp3) is 0.0769. The Labute approximate surface area is 230 Å². The van der Waals surface area contributed by atoms with E-state index in [1.807, 2.05) is 0 Å². The summed E-state index contributed by atoms with van der Waals surface area (Å²) < 4.78 is 0. The Morgan fingerprint density at radius 1 is 0.436 bits per heavy atom. The lowest BCUT2D eigenvalue weighted by molar-refractivity contribution is 0.942. The maximum Gasteiger partial charge on any atom is 0.132 e. The average molecular weight is 497 g/mol. The van der Waals surface area contributed by atoms with Crippen LogP contribution in [0, 0.1) is 11.8 Å². The highest BCUT2D eigenvalue weighted by atomic mass is 14.3. The third kappa shape index (κ3) is 4.01. The highest BCUT2D eigenvalue weighted by Crippen LogP contribution is 2.44. The first-order valence-electron chi connectivity index (χ1n) is 13.9. The second-order valence-electron chi connectivity index (χ2n) is 11.0. The van der Waals surface area contributed by atoms with Crippen LogP contribution in [-0.2, 0) is 0 Å². The molecule has 1 fully saturated rings. The van der Waals surface area contributed by atoms with E-state index in [1.165, 1.54) is 66.4 Å². The molecule has 0 saturated heterocycles. The molecule has 0 heteroatoms. The summed E-state index contributed by atoms with van der Waals surface area (Å²) in [5.74, 6) is 3.10. The summed E-state index contributed by atoms with van der Waals surface area (Å²) in [7, 11) is 0. The first-order chi connectivity index (χ1) is 19.3. The molecule has 0 atom stereocenters. The summed E-state index contributed by atoms with van der Waals surface area (Å²) >= 11 is 0. The summed E-state index contributed by atoms with van der Waals surface area (Å²) in [5, 5.41) is 2.53. The molecule has 8 rings (SSSR count). The van der Waals surface area contributed by atoms with Crippen LogP contribution in [-0.4, -0.2) is 0 Å². The van der Waals surface area contributed by atoms with Crippen molar-refractivity contribution in [3.8, 4) is 44.5 Å². The van der Waals surface area contributed by atoms with Crippen LogP contribution in [0.2, 0.25) is 0 Å². The van der Waals surface area contributed by atoms with E-state index in [0.29, 0.717) is 0 Å². The van der Waals surface area contributed by atoms with Gasteiger partial charge in [-0.15, -0.1) is 6.07 Å². The lowest BCUT2D eigenvalue weighted by Gasteiger charge is -2.20. The minimum atomic E-state index is 1.06.